The number of hydrogen-bond acceptors (Lipinski definition) is 5. The quantitative estimate of drug-likeness (QED) is 0.781. The standard InChI is InChI=1S/C15H11NO4/c1-19-14(17)10-5-2-4-9(8-10)13-12-11(15(18)20-13)6-3-7-16-12/h2-8,13H,1H3. The van der Waals surface area contributed by atoms with Crippen LogP contribution in [0.2, 0.25) is 0 Å². The molecule has 0 radical (unpaired) electrons. The predicted octanol–water partition coefficient (Wildman–Crippen LogP) is 2.13. The second-order valence-corrected chi connectivity index (χ2v) is 4.34. The van der Waals surface area contributed by atoms with Crippen molar-refractivity contribution in [1.29, 1.82) is 0 Å². The lowest BCUT2D eigenvalue weighted by Crippen LogP contribution is -2.05. The van der Waals surface area contributed by atoms with E-state index in [-0.39, 0.29) is 0 Å². The molecule has 3 rings (SSSR count). The number of fused-ring (bicyclic) bond motifs is 1. The normalized spacial score (nSPS) is 16.4. The molecule has 1 aromatic heterocycles. The third-order valence-electron chi connectivity index (χ3n) is 3.14. The fourth-order valence-electron chi connectivity index (χ4n) is 2.20. The molecule has 100 valence electrons. The Morgan fingerprint density at radius 1 is 1.30 bits per heavy atom. The van der Waals surface area contributed by atoms with E-state index in [4.69, 9.17) is 4.74 Å². The van der Waals surface area contributed by atoms with Crippen LogP contribution in [0.25, 0.3) is 0 Å². The largest absolute Gasteiger partial charge is 0.465 e. The van der Waals surface area contributed by atoms with E-state index in [9.17, 15) is 9.59 Å². The first-order valence-corrected chi connectivity index (χ1v) is 6.05. The molecule has 5 heteroatoms. The van der Waals surface area contributed by atoms with Crippen LogP contribution < -0.4 is 0 Å². The lowest BCUT2D eigenvalue weighted by molar-refractivity contribution is 0.0452. The Kier molecular flexibility index (Phi) is 2.95. The number of carbonyl (C=O) groups excluding carboxylic acids is 2. The van der Waals surface area contributed by atoms with E-state index < -0.39 is 18.0 Å². The number of ether oxygens (including phenoxy) is 2. The van der Waals surface area contributed by atoms with Crippen LogP contribution in [0.15, 0.2) is 42.6 Å². The summed E-state index contributed by atoms with van der Waals surface area (Å²) in [6.07, 6.45) is 1.03. The minimum absolute atomic E-state index is 0.401. The summed E-state index contributed by atoms with van der Waals surface area (Å²) in [5, 5.41) is 0. The van der Waals surface area contributed by atoms with Gasteiger partial charge in [0.05, 0.1) is 18.2 Å². The molecular formula is C15H11NO4. The zero-order valence-corrected chi connectivity index (χ0v) is 10.7. The van der Waals surface area contributed by atoms with E-state index in [1.807, 2.05) is 0 Å². The van der Waals surface area contributed by atoms with Crippen molar-refractivity contribution < 1.29 is 19.1 Å². The fourth-order valence-corrected chi connectivity index (χ4v) is 2.20. The summed E-state index contributed by atoms with van der Waals surface area (Å²) in [6.45, 7) is 0. The van der Waals surface area contributed by atoms with Gasteiger partial charge in [0.15, 0.2) is 6.10 Å². The molecule has 2 heterocycles. The number of nitrogens with zero attached hydrogens (tertiary/aromatic N) is 1. The molecule has 5 nitrogen and oxygen atoms in total. The van der Waals surface area contributed by atoms with Crippen LogP contribution >= 0.6 is 0 Å². The van der Waals surface area contributed by atoms with Gasteiger partial charge in [-0.05, 0) is 29.8 Å². The van der Waals surface area contributed by atoms with E-state index >= 15 is 0 Å². The van der Waals surface area contributed by atoms with E-state index in [0.717, 1.165) is 0 Å². The molecule has 0 saturated carbocycles. The Hall–Kier alpha value is -2.69. The number of aromatic nitrogens is 1. The topological polar surface area (TPSA) is 65.5 Å². The minimum atomic E-state index is -0.580. The van der Waals surface area contributed by atoms with E-state index in [0.29, 0.717) is 22.4 Å². The smallest absolute Gasteiger partial charge is 0.341 e. The summed E-state index contributed by atoms with van der Waals surface area (Å²) in [5.74, 6) is -0.834. The minimum Gasteiger partial charge on any atom is -0.465 e. The highest BCUT2D eigenvalue weighted by molar-refractivity contribution is 5.94. The summed E-state index contributed by atoms with van der Waals surface area (Å²) in [6, 6.07) is 10.2. The molecule has 0 N–H and O–H groups in total. The van der Waals surface area contributed by atoms with Crippen LogP contribution in [-0.2, 0) is 9.47 Å². The number of esters is 2. The lowest BCUT2D eigenvalue weighted by Gasteiger charge is -2.11. The van der Waals surface area contributed by atoms with Crippen molar-refractivity contribution in [1.82, 2.24) is 4.98 Å². The molecule has 0 aliphatic carbocycles. The van der Waals surface area contributed by atoms with Gasteiger partial charge in [0.1, 0.15) is 5.69 Å². The van der Waals surface area contributed by atoms with Gasteiger partial charge in [0, 0.05) is 6.20 Å². The summed E-state index contributed by atoms with van der Waals surface area (Å²) < 4.78 is 10.0. The van der Waals surface area contributed by atoms with Gasteiger partial charge in [0.2, 0.25) is 0 Å². The number of pyridine rings is 1. The highest BCUT2D eigenvalue weighted by Crippen LogP contribution is 2.34. The molecule has 0 amide bonds. The molecule has 1 aromatic carbocycles. The van der Waals surface area contributed by atoms with Crippen molar-refractivity contribution in [3.63, 3.8) is 0 Å². The summed E-state index contributed by atoms with van der Waals surface area (Å²) in [5.41, 5.74) is 2.13. The van der Waals surface area contributed by atoms with Gasteiger partial charge in [-0.3, -0.25) is 4.98 Å². The maximum Gasteiger partial charge on any atom is 0.341 e. The van der Waals surface area contributed by atoms with Crippen LogP contribution in [-0.4, -0.2) is 24.0 Å². The van der Waals surface area contributed by atoms with E-state index in [1.54, 1.807) is 42.6 Å². The SMILES string of the molecule is COC(=O)c1cccc(C2OC(=O)c3cccnc32)c1. The average Bonchev–Trinajstić information content (AvgIpc) is 2.84. The summed E-state index contributed by atoms with van der Waals surface area (Å²) >= 11 is 0. The highest BCUT2D eigenvalue weighted by atomic mass is 16.5. The maximum absolute atomic E-state index is 11.8. The van der Waals surface area contributed by atoms with Gasteiger partial charge in [0.25, 0.3) is 0 Å². The van der Waals surface area contributed by atoms with E-state index in [1.165, 1.54) is 7.11 Å². The van der Waals surface area contributed by atoms with Crippen LogP contribution in [0.1, 0.15) is 38.1 Å². The highest BCUT2D eigenvalue weighted by Gasteiger charge is 2.33. The number of hydrogen-bond donors (Lipinski definition) is 0. The zero-order valence-electron chi connectivity index (χ0n) is 10.7. The molecule has 0 saturated heterocycles. The summed E-state index contributed by atoms with van der Waals surface area (Å²) in [4.78, 5) is 27.5. The molecule has 0 bridgehead atoms. The molecule has 2 aromatic rings. The van der Waals surface area contributed by atoms with Gasteiger partial charge in [-0.15, -0.1) is 0 Å². The van der Waals surface area contributed by atoms with Crippen molar-refractivity contribution in [2.75, 3.05) is 7.11 Å². The Morgan fingerprint density at radius 2 is 2.15 bits per heavy atom. The molecular weight excluding hydrogens is 258 g/mol. The molecule has 20 heavy (non-hydrogen) atoms. The summed E-state index contributed by atoms with van der Waals surface area (Å²) in [7, 11) is 1.32. The van der Waals surface area contributed by atoms with Crippen LogP contribution in [0, 0.1) is 0 Å². The third kappa shape index (κ3) is 1.93. The van der Waals surface area contributed by atoms with E-state index in [2.05, 4.69) is 9.72 Å². The fraction of sp³-hybridized carbons (Fsp3) is 0.133. The number of methoxy groups -OCH3 is 1. The number of carbonyl (C=O) groups is 2. The van der Waals surface area contributed by atoms with Crippen LogP contribution in [0.5, 0.6) is 0 Å². The molecule has 1 aliphatic rings. The lowest BCUT2D eigenvalue weighted by atomic mass is 10.0. The molecule has 1 aliphatic heterocycles. The van der Waals surface area contributed by atoms with Gasteiger partial charge < -0.3 is 9.47 Å². The average molecular weight is 269 g/mol. The van der Waals surface area contributed by atoms with Gasteiger partial charge in [-0.1, -0.05) is 12.1 Å². The first-order valence-electron chi connectivity index (χ1n) is 6.05. The molecule has 0 spiro atoms. The van der Waals surface area contributed by atoms with Crippen LogP contribution in [0.3, 0.4) is 0 Å². The zero-order chi connectivity index (χ0) is 14.1. The molecule has 1 atom stereocenters. The first-order chi connectivity index (χ1) is 9.70. The second-order valence-electron chi connectivity index (χ2n) is 4.34. The Labute approximate surface area is 115 Å². The number of cyclic esters (lactones) is 1. The van der Waals surface area contributed by atoms with Crippen molar-refractivity contribution in [3.05, 3.63) is 65.0 Å². The van der Waals surface area contributed by atoms with Gasteiger partial charge >= 0.3 is 11.9 Å². The van der Waals surface area contributed by atoms with Crippen molar-refractivity contribution in [2.24, 2.45) is 0 Å². The molecule has 0 fully saturated rings. The van der Waals surface area contributed by atoms with Crippen LogP contribution in [0.4, 0.5) is 0 Å². The number of rotatable bonds is 2. The monoisotopic (exact) mass is 269 g/mol. The third-order valence-corrected chi connectivity index (χ3v) is 3.14. The Morgan fingerprint density at radius 3 is 2.95 bits per heavy atom. The Bertz CT molecular complexity index is 696. The number of benzene rings is 1. The van der Waals surface area contributed by atoms with Gasteiger partial charge in [-0.25, -0.2) is 9.59 Å². The molecule has 1 unspecified atom stereocenters. The first kappa shape index (κ1) is 12.3. The Balaban J connectivity index is 2.03. The predicted molar refractivity (Wildman–Crippen MR) is 69.3 cm³/mol. The van der Waals surface area contributed by atoms with Crippen molar-refractivity contribution in [3.8, 4) is 0 Å². The second kappa shape index (κ2) is 4.77. The van der Waals surface area contributed by atoms with Crippen molar-refractivity contribution in [2.45, 2.75) is 6.10 Å². The maximum atomic E-state index is 11.8. The van der Waals surface area contributed by atoms with Gasteiger partial charge in [-0.2, -0.15) is 0 Å². The van der Waals surface area contributed by atoms with Crippen molar-refractivity contribution >= 4 is 11.9 Å².